The fraction of sp³-hybridized carbons (Fsp3) is 0.517. The highest BCUT2D eigenvalue weighted by atomic mass is 19.1. The number of carboxylic acid groups (broad SMARTS) is 1. The summed E-state index contributed by atoms with van der Waals surface area (Å²) < 4.78 is 19.0. The number of aliphatic carboxylic acids is 1. The molecule has 0 unspecified atom stereocenters. The number of nitrogens with zero attached hydrogens (tertiary/aromatic N) is 1. The number of carbonyl (C=O) groups is 2. The first-order valence-electron chi connectivity index (χ1n) is 13.2. The highest BCUT2D eigenvalue weighted by Crippen LogP contribution is 2.17. The Morgan fingerprint density at radius 3 is 2.19 bits per heavy atom. The number of ether oxygens (including phenoxy) is 1. The monoisotopic (exact) mass is 515 g/mol. The minimum atomic E-state index is -0.961. The van der Waals surface area contributed by atoms with Gasteiger partial charge in [-0.2, -0.15) is 0 Å². The quantitative estimate of drug-likeness (QED) is 0.510. The van der Waals surface area contributed by atoms with Gasteiger partial charge in [0, 0.05) is 37.9 Å². The van der Waals surface area contributed by atoms with E-state index in [0.717, 1.165) is 42.8 Å². The number of amides is 2. The molecule has 0 aromatic heterocycles. The Labute approximate surface area is 220 Å². The Kier molecular flexibility index (Phi) is 12.9. The van der Waals surface area contributed by atoms with Crippen molar-refractivity contribution in [2.24, 2.45) is 5.92 Å². The van der Waals surface area contributed by atoms with E-state index in [9.17, 15) is 19.1 Å². The predicted molar refractivity (Wildman–Crippen MR) is 141 cm³/mol. The summed E-state index contributed by atoms with van der Waals surface area (Å²) in [6.45, 7) is 9.77. The molecule has 1 aliphatic rings. The van der Waals surface area contributed by atoms with E-state index in [2.05, 4.69) is 26.2 Å². The lowest BCUT2D eigenvalue weighted by Gasteiger charge is -2.36. The highest BCUT2D eigenvalue weighted by Gasteiger charge is 2.28. The normalized spacial score (nSPS) is 16.9. The summed E-state index contributed by atoms with van der Waals surface area (Å²) in [5.41, 5.74) is 1.97. The second kappa shape index (κ2) is 15.9. The molecule has 0 saturated carbocycles. The van der Waals surface area contributed by atoms with Crippen molar-refractivity contribution < 1.29 is 28.7 Å². The molecule has 2 aromatic carbocycles. The number of nitrogens with one attached hydrogen (secondary N) is 2. The van der Waals surface area contributed by atoms with Crippen molar-refractivity contribution >= 4 is 12.0 Å². The third-order valence-corrected chi connectivity index (χ3v) is 6.18. The molecule has 1 heterocycles. The Hall–Kier alpha value is -3.13. The van der Waals surface area contributed by atoms with Crippen LogP contribution in [0.5, 0.6) is 5.75 Å². The second-order valence-electron chi connectivity index (χ2n) is 10.1. The molecule has 204 valence electrons. The lowest BCUT2D eigenvalue weighted by atomic mass is 10.0. The van der Waals surface area contributed by atoms with Crippen molar-refractivity contribution in [1.29, 1.82) is 0 Å². The number of rotatable bonds is 10. The number of urea groups is 1. The molecule has 0 bridgehead atoms. The molecule has 7 nitrogen and oxygen atoms in total. The fourth-order valence-corrected chi connectivity index (χ4v) is 4.01. The van der Waals surface area contributed by atoms with Gasteiger partial charge in [0.2, 0.25) is 0 Å². The van der Waals surface area contributed by atoms with Gasteiger partial charge in [0.25, 0.3) is 0 Å². The van der Waals surface area contributed by atoms with E-state index in [1.165, 1.54) is 17.0 Å². The van der Waals surface area contributed by atoms with Crippen molar-refractivity contribution in [3.8, 4) is 5.75 Å². The maximum Gasteiger partial charge on any atom is 0.318 e. The van der Waals surface area contributed by atoms with Gasteiger partial charge in [0.05, 0.1) is 26.7 Å². The van der Waals surface area contributed by atoms with Crippen LogP contribution in [-0.4, -0.2) is 49.7 Å². The van der Waals surface area contributed by atoms with E-state index < -0.39 is 5.97 Å². The van der Waals surface area contributed by atoms with E-state index >= 15 is 0 Å². The van der Waals surface area contributed by atoms with Crippen LogP contribution in [0.2, 0.25) is 0 Å². The molecule has 2 aromatic rings. The van der Waals surface area contributed by atoms with Crippen molar-refractivity contribution in [3.63, 3.8) is 0 Å². The lowest BCUT2D eigenvalue weighted by Crippen LogP contribution is -3.10. The number of carbonyl (C=O) groups excluding carboxylic acids is 2. The van der Waals surface area contributed by atoms with Gasteiger partial charge in [-0.3, -0.25) is 0 Å². The van der Waals surface area contributed by atoms with Crippen LogP contribution in [0.25, 0.3) is 0 Å². The van der Waals surface area contributed by atoms with Gasteiger partial charge < -0.3 is 29.8 Å². The highest BCUT2D eigenvalue weighted by molar-refractivity contribution is 5.74. The smallest absolute Gasteiger partial charge is 0.318 e. The van der Waals surface area contributed by atoms with Crippen molar-refractivity contribution in [3.05, 3.63) is 65.5 Å². The molecule has 0 aliphatic carbocycles. The average Bonchev–Trinajstić information content (AvgIpc) is 2.87. The molecular weight excluding hydrogens is 473 g/mol. The number of hydrogen-bond acceptors (Lipinski definition) is 4. The van der Waals surface area contributed by atoms with E-state index in [1.54, 1.807) is 19.1 Å². The molecule has 2 amide bonds. The van der Waals surface area contributed by atoms with Crippen LogP contribution in [0.4, 0.5) is 9.18 Å². The minimum absolute atomic E-state index is 0.0750. The third kappa shape index (κ3) is 11.6. The topological polar surface area (TPSA) is 86.1 Å². The van der Waals surface area contributed by atoms with Crippen LogP contribution in [0.3, 0.4) is 0 Å². The molecule has 2 N–H and O–H groups in total. The van der Waals surface area contributed by atoms with E-state index in [4.69, 9.17) is 4.74 Å². The molecule has 0 radical (unpaired) electrons. The van der Waals surface area contributed by atoms with Crippen molar-refractivity contribution in [2.75, 3.05) is 26.7 Å². The molecule has 8 heteroatoms. The lowest BCUT2D eigenvalue weighted by molar-refractivity contribution is -0.885. The maximum atomic E-state index is 13.3. The third-order valence-electron chi connectivity index (χ3n) is 6.18. The zero-order valence-corrected chi connectivity index (χ0v) is 22.6. The Morgan fingerprint density at radius 1 is 1.08 bits per heavy atom. The van der Waals surface area contributed by atoms with Gasteiger partial charge in [-0.15, -0.1) is 0 Å². The maximum absolute atomic E-state index is 13.3. The van der Waals surface area contributed by atoms with E-state index in [1.807, 2.05) is 29.2 Å². The van der Waals surface area contributed by atoms with Gasteiger partial charge in [-0.1, -0.05) is 51.5 Å². The molecule has 0 spiro atoms. The van der Waals surface area contributed by atoms with Crippen LogP contribution in [0, 0.1) is 11.7 Å². The average molecular weight is 516 g/mol. The number of piperidine rings is 1. The van der Waals surface area contributed by atoms with Crippen LogP contribution in [0.15, 0.2) is 48.5 Å². The molecular formula is C29H42FN3O4. The predicted octanol–water partition coefficient (Wildman–Crippen LogP) is 2.79. The number of hydrogen-bond donors (Lipinski definition) is 2. The number of likely N-dealkylation sites (tertiary alicyclic amines) is 1. The van der Waals surface area contributed by atoms with Crippen LogP contribution in [0.1, 0.15) is 57.6 Å². The summed E-state index contributed by atoms with van der Waals surface area (Å²) >= 11 is 0. The number of halogens is 1. The fourth-order valence-electron chi connectivity index (χ4n) is 4.01. The Morgan fingerprint density at radius 2 is 1.68 bits per heavy atom. The largest absolute Gasteiger partial charge is 0.550 e. The summed E-state index contributed by atoms with van der Waals surface area (Å²) in [4.78, 5) is 26.0. The zero-order valence-electron chi connectivity index (χ0n) is 22.6. The number of carboxylic acids is 1. The molecule has 3 rings (SSSR count). The summed E-state index contributed by atoms with van der Waals surface area (Å²) in [5.74, 6) is 0.101. The SMILES string of the molecule is CC(C)COc1ccc(CNC(=O)N(Cc2ccc(F)cc2)C2CC[NH+](C)CC2)cc1.CCCC(=O)[O-]. The first kappa shape index (κ1) is 30.1. The van der Waals surface area contributed by atoms with Gasteiger partial charge in [-0.25, -0.2) is 9.18 Å². The van der Waals surface area contributed by atoms with Crippen LogP contribution in [-0.2, 0) is 17.9 Å². The first-order chi connectivity index (χ1) is 17.7. The van der Waals surface area contributed by atoms with Gasteiger partial charge in [0.1, 0.15) is 11.6 Å². The molecule has 1 aliphatic heterocycles. The summed E-state index contributed by atoms with van der Waals surface area (Å²) in [6.07, 6.45) is 2.80. The van der Waals surface area contributed by atoms with Gasteiger partial charge in [0.15, 0.2) is 0 Å². The Bertz CT molecular complexity index is 943. The Balaban J connectivity index is 0.000000717. The molecule has 0 atom stereocenters. The number of quaternary nitrogens is 1. The standard InChI is InChI=1S/C25H34FN3O2.C4H8O2/c1-19(2)18-31-24-10-6-20(7-11-24)16-27-25(30)29(23-12-14-28(3)15-13-23)17-21-4-8-22(26)9-5-21;1-2-3-4(5)6/h4-11,19,23H,12-18H2,1-3H3,(H,27,30);2-3H2,1H3,(H,5,6). The van der Waals surface area contributed by atoms with Crippen LogP contribution < -0.4 is 20.1 Å². The minimum Gasteiger partial charge on any atom is -0.550 e. The number of benzene rings is 2. The zero-order chi connectivity index (χ0) is 27.2. The van der Waals surface area contributed by atoms with Crippen molar-refractivity contribution in [1.82, 2.24) is 10.2 Å². The van der Waals surface area contributed by atoms with E-state index in [0.29, 0.717) is 32.0 Å². The van der Waals surface area contributed by atoms with Crippen molar-refractivity contribution in [2.45, 2.75) is 65.6 Å². The summed E-state index contributed by atoms with van der Waals surface area (Å²) in [5, 5.41) is 12.6. The van der Waals surface area contributed by atoms with E-state index in [-0.39, 0.29) is 24.3 Å². The molecule has 37 heavy (non-hydrogen) atoms. The first-order valence-corrected chi connectivity index (χ1v) is 13.2. The summed E-state index contributed by atoms with van der Waals surface area (Å²) in [6, 6.07) is 14.4. The van der Waals surface area contributed by atoms with Gasteiger partial charge >= 0.3 is 6.03 Å². The van der Waals surface area contributed by atoms with Gasteiger partial charge in [-0.05, 0) is 47.7 Å². The molecule has 1 saturated heterocycles. The second-order valence-corrected chi connectivity index (χ2v) is 10.1. The summed E-state index contributed by atoms with van der Waals surface area (Å²) in [7, 11) is 2.19. The molecule has 1 fully saturated rings. The van der Waals surface area contributed by atoms with Crippen LogP contribution >= 0.6 is 0 Å².